The van der Waals surface area contributed by atoms with Gasteiger partial charge in [-0.05, 0) is 68.1 Å². The number of hydrogen-bond acceptors (Lipinski definition) is 9. The molecule has 48 heavy (non-hydrogen) atoms. The summed E-state index contributed by atoms with van der Waals surface area (Å²) in [6, 6.07) is 21.0. The van der Waals surface area contributed by atoms with E-state index >= 15 is 0 Å². The first-order valence-electron chi connectivity index (χ1n) is 16.4. The van der Waals surface area contributed by atoms with Gasteiger partial charge in [0.2, 0.25) is 11.8 Å². The summed E-state index contributed by atoms with van der Waals surface area (Å²) in [4.78, 5) is 43.1. The van der Waals surface area contributed by atoms with Gasteiger partial charge < -0.3 is 24.9 Å². The molecule has 13 heteroatoms. The van der Waals surface area contributed by atoms with E-state index < -0.39 is 5.54 Å². The van der Waals surface area contributed by atoms with Crippen molar-refractivity contribution in [3.8, 4) is 11.6 Å². The number of anilines is 2. The maximum absolute atomic E-state index is 14.7. The fourth-order valence-corrected chi connectivity index (χ4v) is 6.92. The number of amides is 2. The van der Waals surface area contributed by atoms with Gasteiger partial charge in [-0.25, -0.2) is 9.67 Å². The van der Waals surface area contributed by atoms with Crippen molar-refractivity contribution >= 4 is 40.1 Å². The van der Waals surface area contributed by atoms with E-state index in [2.05, 4.69) is 20.0 Å². The van der Waals surface area contributed by atoms with Gasteiger partial charge >= 0.3 is 0 Å². The highest BCUT2D eigenvalue weighted by Gasteiger charge is 2.43. The Balaban J connectivity index is 1.07. The quantitative estimate of drug-likeness (QED) is 0.284. The van der Waals surface area contributed by atoms with Gasteiger partial charge in [-0.1, -0.05) is 30.3 Å². The Kier molecular flexibility index (Phi) is 7.30. The maximum atomic E-state index is 14.7. The van der Waals surface area contributed by atoms with Crippen molar-refractivity contribution in [1.29, 1.82) is 0 Å². The third-order valence-electron chi connectivity index (χ3n) is 9.64. The molecule has 1 atom stereocenters. The van der Waals surface area contributed by atoms with Crippen LogP contribution in [0.15, 0.2) is 83.6 Å². The lowest BCUT2D eigenvalue weighted by atomic mass is 9.90. The van der Waals surface area contributed by atoms with Gasteiger partial charge in [-0.15, -0.1) is 5.10 Å². The minimum atomic E-state index is -1.23. The molecule has 0 bridgehead atoms. The molecule has 2 N–H and O–H groups in total. The molecule has 0 saturated carbocycles. The lowest BCUT2D eigenvalue weighted by Gasteiger charge is -2.41. The van der Waals surface area contributed by atoms with Gasteiger partial charge in [-0.2, -0.15) is 14.6 Å². The summed E-state index contributed by atoms with van der Waals surface area (Å²) >= 11 is 0. The normalized spacial score (nSPS) is 16.8. The van der Waals surface area contributed by atoms with Crippen molar-refractivity contribution in [2.75, 3.05) is 49.9 Å². The number of nitrogen functional groups attached to an aromatic ring is 1. The lowest BCUT2D eigenvalue weighted by molar-refractivity contribution is -0.138. The minimum absolute atomic E-state index is 0.0983. The van der Waals surface area contributed by atoms with Crippen LogP contribution in [-0.2, 0) is 10.3 Å². The Hall–Kier alpha value is -5.72. The van der Waals surface area contributed by atoms with E-state index in [-0.39, 0.29) is 17.8 Å². The van der Waals surface area contributed by atoms with Gasteiger partial charge in [0, 0.05) is 50.5 Å². The van der Waals surface area contributed by atoms with Crippen molar-refractivity contribution in [1.82, 2.24) is 39.2 Å². The summed E-state index contributed by atoms with van der Waals surface area (Å²) in [5.74, 6) is 0.992. The van der Waals surface area contributed by atoms with Gasteiger partial charge in [0.05, 0.1) is 17.8 Å². The number of rotatable bonds is 6. The smallest absolute Gasteiger partial charge is 0.255 e. The van der Waals surface area contributed by atoms with Crippen LogP contribution in [0.5, 0.6) is 0 Å². The summed E-state index contributed by atoms with van der Waals surface area (Å²) in [6.45, 7) is 5.87. The van der Waals surface area contributed by atoms with Gasteiger partial charge in [-0.3, -0.25) is 9.59 Å². The highest BCUT2D eigenvalue weighted by atomic mass is 16.3. The molecule has 2 fully saturated rings. The maximum Gasteiger partial charge on any atom is 0.255 e. The average molecular weight is 645 g/mol. The Bertz CT molecular complexity index is 2090. The molecule has 2 aromatic carbocycles. The number of nitrogens with zero attached hydrogens (tertiary/aromatic N) is 9. The second-order valence-electron chi connectivity index (χ2n) is 12.5. The molecule has 4 aromatic heterocycles. The number of hydrogen-bond donors (Lipinski definition) is 1. The molecule has 2 aliphatic rings. The molecule has 8 rings (SSSR count). The highest BCUT2D eigenvalue weighted by molar-refractivity contribution is 5.95. The zero-order valence-corrected chi connectivity index (χ0v) is 26.7. The molecule has 244 valence electrons. The van der Waals surface area contributed by atoms with E-state index in [1.807, 2.05) is 71.3 Å². The summed E-state index contributed by atoms with van der Waals surface area (Å²) in [7, 11) is 0. The summed E-state index contributed by atoms with van der Waals surface area (Å²) < 4.78 is 8.62. The Morgan fingerprint density at radius 1 is 0.812 bits per heavy atom. The predicted molar refractivity (Wildman–Crippen MR) is 180 cm³/mol. The summed E-state index contributed by atoms with van der Waals surface area (Å²) in [6.07, 6.45) is 6.53. The van der Waals surface area contributed by atoms with Crippen LogP contribution >= 0.6 is 0 Å². The van der Waals surface area contributed by atoms with Crippen molar-refractivity contribution < 1.29 is 14.0 Å². The number of aromatic nitrogens is 6. The number of piperidine rings is 1. The molecule has 0 aliphatic carbocycles. The largest absolute Gasteiger partial charge is 0.461 e. The molecule has 2 aliphatic heterocycles. The molecule has 2 saturated heterocycles. The van der Waals surface area contributed by atoms with Crippen LogP contribution in [0.3, 0.4) is 0 Å². The molecule has 6 aromatic rings. The molecule has 0 radical (unpaired) electrons. The van der Waals surface area contributed by atoms with Crippen molar-refractivity contribution in [2.45, 2.75) is 31.7 Å². The molecule has 6 heterocycles. The van der Waals surface area contributed by atoms with Crippen LogP contribution in [0.25, 0.3) is 28.3 Å². The van der Waals surface area contributed by atoms with Crippen molar-refractivity contribution in [2.24, 2.45) is 0 Å². The zero-order valence-electron chi connectivity index (χ0n) is 26.7. The Labute approximate surface area is 276 Å². The van der Waals surface area contributed by atoms with Crippen LogP contribution in [0.1, 0.15) is 42.1 Å². The number of carbonyl (C=O) groups is 2. The third kappa shape index (κ3) is 4.93. The van der Waals surface area contributed by atoms with Crippen molar-refractivity contribution in [3.63, 3.8) is 0 Å². The molecule has 1 unspecified atom stereocenters. The first-order valence-corrected chi connectivity index (χ1v) is 16.4. The lowest BCUT2D eigenvalue weighted by Crippen LogP contribution is -2.56. The average Bonchev–Trinajstić information content (AvgIpc) is 3.92. The number of nitrogens with two attached hydrogens (primary N) is 1. The standard InChI is InChI=1S/C35H36N10O3/c1-35(25-9-4-2-5-10-25,45-31-27(23-37-45)30-38-29(28-11-8-22-48-28)40-44(30)34(36)39-31)33(47)43-20-18-41(19-21-43)26-14-12-24(13-15-26)32(46)42-16-6-3-7-17-42/h2,4-5,8-15,22-23H,3,6-7,16-21H2,1H3,(H2,36,39). The number of furan rings is 1. The second-order valence-corrected chi connectivity index (χ2v) is 12.5. The van der Waals surface area contributed by atoms with E-state index in [0.717, 1.165) is 42.7 Å². The molecule has 13 nitrogen and oxygen atoms in total. The zero-order chi connectivity index (χ0) is 32.8. The van der Waals surface area contributed by atoms with Crippen LogP contribution in [0, 0.1) is 0 Å². The second kappa shape index (κ2) is 11.8. The monoisotopic (exact) mass is 644 g/mol. The highest BCUT2D eigenvalue weighted by Crippen LogP contribution is 2.33. The number of likely N-dealkylation sites (tertiary alicyclic amines) is 1. The molecular weight excluding hydrogens is 608 g/mol. The van der Waals surface area contributed by atoms with E-state index in [4.69, 9.17) is 15.2 Å². The Morgan fingerprint density at radius 2 is 1.56 bits per heavy atom. The first kappa shape index (κ1) is 29.7. The molecule has 2 amide bonds. The van der Waals surface area contributed by atoms with E-state index in [0.29, 0.717) is 54.4 Å². The van der Waals surface area contributed by atoms with Crippen LogP contribution in [0.4, 0.5) is 11.6 Å². The SMILES string of the molecule is CC(C(=O)N1CCN(c2ccc(C(=O)N3CCCCC3)cc2)CC1)(c1ccccc1)n1ncc2c1nc(N)n1nc(-c3ccco3)nc21. The third-order valence-corrected chi connectivity index (χ3v) is 9.64. The fraction of sp³-hybridized carbons (Fsp3) is 0.314. The number of carbonyl (C=O) groups excluding carboxylic acids is 2. The predicted octanol–water partition coefficient (Wildman–Crippen LogP) is 4.05. The molecular formula is C35H36N10O3. The minimum Gasteiger partial charge on any atom is -0.461 e. The van der Waals surface area contributed by atoms with E-state index in [1.165, 1.54) is 10.9 Å². The van der Waals surface area contributed by atoms with Crippen LogP contribution < -0.4 is 10.6 Å². The first-order chi connectivity index (χ1) is 23.4. The van der Waals surface area contributed by atoms with Gasteiger partial charge in [0.1, 0.15) is 0 Å². The summed E-state index contributed by atoms with van der Waals surface area (Å²) in [5.41, 5.74) is 8.59. The van der Waals surface area contributed by atoms with Gasteiger partial charge in [0.25, 0.3) is 11.8 Å². The topological polar surface area (TPSA) is 144 Å². The van der Waals surface area contributed by atoms with E-state index in [1.54, 1.807) is 29.3 Å². The fourth-order valence-electron chi connectivity index (χ4n) is 6.92. The number of piperazine rings is 1. The number of fused-ring (bicyclic) bond motifs is 3. The van der Waals surface area contributed by atoms with Gasteiger partial charge in [0.15, 0.2) is 22.6 Å². The molecule has 0 spiro atoms. The Morgan fingerprint density at radius 3 is 2.27 bits per heavy atom. The summed E-state index contributed by atoms with van der Waals surface area (Å²) in [5, 5.41) is 9.85. The van der Waals surface area contributed by atoms with Crippen molar-refractivity contribution in [3.05, 3.63) is 90.3 Å². The number of benzene rings is 2. The van der Waals surface area contributed by atoms with Crippen LogP contribution in [-0.4, -0.2) is 90.2 Å². The van der Waals surface area contributed by atoms with Crippen LogP contribution in [0.2, 0.25) is 0 Å². The van der Waals surface area contributed by atoms with E-state index in [9.17, 15) is 9.59 Å².